The average molecular weight is 320 g/mol. The van der Waals surface area contributed by atoms with Gasteiger partial charge in [-0.3, -0.25) is 0 Å². The van der Waals surface area contributed by atoms with Crippen molar-refractivity contribution < 1.29 is 31.9 Å². The molecule has 0 aliphatic carbocycles. The van der Waals surface area contributed by atoms with Gasteiger partial charge in [0.05, 0.1) is 11.8 Å². The van der Waals surface area contributed by atoms with Gasteiger partial charge < -0.3 is 20.2 Å². The predicted molar refractivity (Wildman–Crippen MR) is 54.9 cm³/mol. The van der Waals surface area contributed by atoms with Crippen LogP contribution in [0.1, 0.15) is 0 Å². The predicted octanol–water partition coefficient (Wildman–Crippen LogP) is 0.525. The fraction of sp³-hybridized carbons (Fsp3) is 0.667. The van der Waals surface area contributed by atoms with E-state index in [0.717, 1.165) is 18.9 Å². The van der Waals surface area contributed by atoms with Crippen LogP contribution < -0.4 is 0 Å². The monoisotopic (exact) mass is 319 g/mol. The van der Waals surface area contributed by atoms with E-state index >= 15 is 0 Å². The van der Waals surface area contributed by atoms with Crippen molar-refractivity contribution in [2.75, 3.05) is 24.6 Å². The van der Waals surface area contributed by atoms with Crippen LogP contribution in [0.2, 0.25) is 0 Å². The second-order valence-corrected chi connectivity index (χ2v) is 2.50. The number of rotatable bonds is 5. The summed E-state index contributed by atoms with van der Waals surface area (Å²) >= 11 is 8.35. The summed E-state index contributed by atoms with van der Waals surface area (Å²) in [6, 6.07) is 0. The molecule has 0 aliphatic rings. The van der Waals surface area contributed by atoms with Crippen LogP contribution in [0, 0.1) is 0 Å². The Bertz CT molecular complexity index is 164. The SMILES string of the molecule is O=C(CS)[N-]CC[N-]C(=O)CS.[O]=[Tc+2]. The van der Waals surface area contributed by atoms with Crippen molar-refractivity contribution in [3.63, 3.8) is 0 Å². The summed E-state index contributed by atoms with van der Waals surface area (Å²) < 4.78 is 8.22. The van der Waals surface area contributed by atoms with E-state index in [4.69, 9.17) is 3.50 Å². The van der Waals surface area contributed by atoms with Crippen LogP contribution in [0.15, 0.2) is 0 Å². The molecule has 5 nitrogen and oxygen atoms in total. The molecule has 0 rings (SSSR count). The Morgan fingerprint density at radius 1 is 0.929 bits per heavy atom. The van der Waals surface area contributed by atoms with E-state index in [2.05, 4.69) is 35.9 Å². The maximum absolute atomic E-state index is 10.5. The van der Waals surface area contributed by atoms with E-state index in [0.29, 0.717) is 0 Å². The fourth-order valence-electron chi connectivity index (χ4n) is 0.449. The fourth-order valence-corrected chi connectivity index (χ4v) is 0.649. The summed E-state index contributed by atoms with van der Waals surface area (Å²) in [4.78, 5) is 21.1. The third kappa shape index (κ3) is 12.1. The third-order valence-electron chi connectivity index (χ3n) is 0.947. The quantitative estimate of drug-likeness (QED) is 0.573. The Labute approximate surface area is 104 Å². The molecular formula is C6H10N2O3S2Tc. The van der Waals surface area contributed by atoms with E-state index in [9.17, 15) is 9.59 Å². The first-order chi connectivity index (χ1) is 6.70. The van der Waals surface area contributed by atoms with Crippen LogP contribution in [-0.4, -0.2) is 36.4 Å². The molecule has 0 fully saturated rings. The van der Waals surface area contributed by atoms with Crippen molar-refractivity contribution in [2.45, 2.75) is 0 Å². The van der Waals surface area contributed by atoms with Crippen molar-refractivity contribution in [3.05, 3.63) is 10.6 Å². The first kappa shape index (κ1) is 16.5. The molecule has 14 heavy (non-hydrogen) atoms. The van der Waals surface area contributed by atoms with Gasteiger partial charge in [0.2, 0.25) is 0 Å². The molecule has 8 heteroatoms. The van der Waals surface area contributed by atoms with E-state index in [1.165, 1.54) is 0 Å². The number of amides is 2. The second kappa shape index (κ2) is 13.1. The topological polar surface area (TPSA) is 79.4 Å². The Morgan fingerprint density at radius 2 is 1.21 bits per heavy atom. The first-order valence-electron chi connectivity index (χ1n) is 3.48. The zero-order valence-corrected chi connectivity index (χ0v) is 10.9. The molecule has 0 unspecified atom stereocenters. The van der Waals surface area contributed by atoms with Crippen LogP contribution in [-0.2, 0) is 31.9 Å². The first-order valence-corrected chi connectivity index (χ1v) is 5.51. The van der Waals surface area contributed by atoms with Gasteiger partial charge in [0.1, 0.15) is 0 Å². The Hall–Kier alpha value is 0.0894. The zero-order chi connectivity index (χ0) is 11.4. The zero-order valence-electron chi connectivity index (χ0n) is 7.22. The van der Waals surface area contributed by atoms with Crippen molar-refractivity contribution in [1.29, 1.82) is 0 Å². The summed E-state index contributed by atoms with van der Waals surface area (Å²) in [5.41, 5.74) is 0. The van der Waals surface area contributed by atoms with E-state index in [1.54, 1.807) is 0 Å². The molecule has 0 spiro atoms. The average Bonchev–Trinajstić information content (AvgIpc) is 2.26. The number of hydrogen-bond acceptors (Lipinski definition) is 5. The van der Waals surface area contributed by atoms with Crippen LogP contribution in [0.5, 0.6) is 0 Å². The molecule has 0 aromatic heterocycles. The molecule has 0 saturated heterocycles. The van der Waals surface area contributed by atoms with Gasteiger partial charge in [-0.25, -0.2) is 0 Å². The van der Waals surface area contributed by atoms with E-state index < -0.39 is 0 Å². The minimum absolute atomic E-state index is 0.0977. The van der Waals surface area contributed by atoms with Crippen molar-refractivity contribution in [2.24, 2.45) is 0 Å². The molecule has 0 aromatic rings. The van der Waals surface area contributed by atoms with Crippen LogP contribution in [0.3, 0.4) is 0 Å². The number of hydrogen-bond donors (Lipinski definition) is 2. The van der Waals surface area contributed by atoms with Gasteiger partial charge in [-0.2, -0.15) is 25.3 Å². The van der Waals surface area contributed by atoms with Crippen LogP contribution in [0.25, 0.3) is 10.6 Å². The molecular weight excluding hydrogens is 310 g/mol. The van der Waals surface area contributed by atoms with Crippen molar-refractivity contribution in [1.82, 2.24) is 0 Å². The van der Waals surface area contributed by atoms with Gasteiger partial charge in [0.15, 0.2) is 0 Å². The van der Waals surface area contributed by atoms with Gasteiger partial charge in [0, 0.05) is 11.5 Å². The number of thiol groups is 2. The molecule has 0 saturated carbocycles. The molecule has 0 aromatic carbocycles. The summed E-state index contributed by atoms with van der Waals surface area (Å²) in [6.45, 7) is 0.498. The molecule has 0 N–H and O–H groups in total. The van der Waals surface area contributed by atoms with E-state index in [1.807, 2.05) is 0 Å². The third-order valence-corrected chi connectivity index (χ3v) is 1.49. The van der Waals surface area contributed by atoms with Crippen molar-refractivity contribution in [3.8, 4) is 0 Å². The van der Waals surface area contributed by atoms with Gasteiger partial charge >= 0.3 is 22.4 Å². The van der Waals surface area contributed by atoms with Crippen LogP contribution in [0.4, 0.5) is 0 Å². The van der Waals surface area contributed by atoms with Gasteiger partial charge in [-0.1, -0.05) is 0 Å². The van der Waals surface area contributed by atoms with Gasteiger partial charge in [-0.05, 0) is 0 Å². The molecule has 0 heterocycles. The van der Waals surface area contributed by atoms with Crippen LogP contribution >= 0.6 is 25.3 Å². The normalized spacial score (nSPS) is 8.07. The Morgan fingerprint density at radius 3 is 1.43 bits per heavy atom. The summed E-state index contributed by atoms with van der Waals surface area (Å²) in [5, 5.41) is 7.13. The molecule has 0 bridgehead atoms. The second-order valence-electron chi connectivity index (χ2n) is 1.87. The van der Waals surface area contributed by atoms with E-state index in [-0.39, 0.29) is 36.4 Å². The summed E-state index contributed by atoms with van der Waals surface area (Å²) in [5.74, 6) is -0.375. The summed E-state index contributed by atoms with van der Waals surface area (Å²) in [6.07, 6.45) is 0. The minimum atomic E-state index is -0.285. The van der Waals surface area contributed by atoms with Gasteiger partial charge in [-0.15, -0.1) is 13.1 Å². The molecule has 0 aliphatic heterocycles. The summed E-state index contributed by atoms with van der Waals surface area (Å²) in [7, 11) is 0. The molecule has 0 atom stereocenters. The molecule has 0 radical (unpaired) electrons. The Balaban J connectivity index is 0. The standard InChI is InChI=1S/C6H12N2O2S2.O.Tc/c9-5(3-11)7-1-2-8-6(10)4-12;;/h1-4H2,(H4,7,8,9,10,11,12);;/q;;+2/p-2. The number of nitrogens with zero attached hydrogens (tertiary/aromatic N) is 2. The number of carbonyl (C=O) groups is 2. The Kier molecular flexibility index (Phi) is 15.4. The number of carbonyl (C=O) groups excluding carboxylic acids is 2. The van der Waals surface area contributed by atoms with Crippen molar-refractivity contribution >= 4 is 37.1 Å². The molecule has 81 valence electrons. The van der Waals surface area contributed by atoms with Gasteiger partial charge in [0.25, 0.3) is 0 Å². The molecule has 2 amide bonds. The maximum atomic E-state index is 10.5.